The molecule has 2 heterocycles. The second-order valence-electron chi connectivity index (χ2n) is 9.41. The third-order valence-electron chi connectivity index (χ3n) is 6.82. The molecule has 0 radical (unpaired) electrons. The largest absolute Gasteiger partial charge is 0.497 e. The topological polar surface area (TPSA) is 78.9 Å². The highest BCUT2D eigenvalue weighted by Crippen LogP contribution is 2.29. The van der Waals surface area contributed by atoms with Gasteiger partial charge in [-0.05, 0) is 50.1 Å². The normalized spacial score (nSPS) is 15.5. The van der Waals surface area contributed by atoms with Crippen molar-refractivity contribution in [3.05, 3.63) is 71.8 Å². The summed E-state index contributed by atoms with van der Waals surface area (Å²) in [5, 5.41) is 8.84. The van der Waals surface area contributed by atoms with Gasteiger partial charge in [0.15, 0.2) is 5.82 Å². The molecule has 2 fully saturated rings. The Kier molecular flexibility index (Phi) is 6.84. The quantitative estimate of drug-likeness (QED) is 0.510. The van der Waals surface area contributed by atoms with Crippen LogP contribution in [0.5, 0.6) is 5.75 Å². The Morgan fingerprint density at radius 1 is 0.972 bits per heavy atom. The van der Waals surface area contributed by atoms with Gasteiger partial charge in [-0.1, -0.05) is 35.9 Å². The molecule has 1 saturated carbocycles. The first-order chi connectivity index (χ1) is 17.5. The highest BCUT2D eigenvalue weighted by atomic mass is 16.5. The second kappa shape index (κ2) is 10.4. The molecule has 1 saturated heterocycles. The molecule has 2 aromatic carbocycles. The Bertz CT molecular complexity index is 1220. The minimum Gasteiger partial charge on any atom is -0.497 e. The zero-order chi connectivity index (χ0) is 25.1. The molecule has 2 aliphatic rings. The number of ether oxygens (including phenoxy) is 1. The van der Waals surface area contributed by atoms with Gasteiger partial charge in [0.2, 0.25) is 5.91 Å². The minimum absolute atomic E-state index is 0.0152. The van der Waals surface area contributed by atoms with Crippen molar-refractivity contribution in [1.29, 1.82) is 0 Å². The molecule has 1 aliphatic heterocycles. The van der Waals surface area contributed by atoms with Gasteiger partial charge in [-0.15, -0.1) is 10.2 Å². The summed E-state index contributed by atoms with van der Waals surface area (Å²) in [6, 6.07) is 19.4. The molecular weight excluding hydrogens is 454 g/mol. The number of hydrogen-bond donors (Lipinski definition) is 0. The predicted molar refractivity (Wildman–Crippen MR) is 138 cm³/mol. The second-order valence-corrected chi connectivity index (χ2v) is 9.41. The van der Waals surface area contributed by atoms with Crippen molar-refractivity contribution in [2.45, 2.75) is 25.8 Å². The van der Waals surface area contributed by atoms with E-state index in [0.717, 1.165) is 29.9 Å². The fourth-order valence-corrected chi connectivity index (χ4v) is 4.48. The van der Waals surface area contributed by atoms with E-state index in [1.807, 2.05) is 35.2 Å². The van der Waals surface area contributed by atoms with Gasteiger partial charge in [-0.2, -0.15) is 0 Å². The lowest BCUT2D eigenvalue weighted by molar-refractivity contribution is -0.132. The third kappa shape index (κ3) is 5.32. The molecule has 36 heavy (non-hydrogen) atoms. The number of anilines is 1. The molecule has 186 valence electrons. The maximum atomic E-state index is 13.2. The summed E-state index contributed by atoms with van der Waals surface area (Å²) >= 11 is 0. The molecule has 1 aromatic heterocycles. The van der Waals surface area contributed by atoms with Crippen molar-refractivity contribution in [2.75, 3.05) is 44.7 Å². The van der Waals surface area contributed by atoms with Crippen LogP contribution in [0.15, 0.2) is 60.7 Å². The number of nitrogens with zero attached hydrogens (tertiary/aromatic N) is 5. The number of aromatic nitrogens is 2. The number of benzene rings is 2. The number of carbonyl (C=O) groups is 2. The molecular formula is C28H31N5O3. The lowest BCUT2D eigenvalue weighted by Crippen LogP contribution is -2.52. The van der Waals surface area contributed by atoms with Crippen LogP contribution in [0.2, 0.25) is 0 Å². The third-order valence-corrected chi connectivity index (χ3v) is 6.82. The van der Waals surface area contributed by atoms with Crippen LogP contribution in [0.4, 0.5) is 5.82 Å². The van der Waals surface area contributed by atoms with E-state index in [1.54, 1.807) is 30.2 Å². The Balaban J connectivity index is 1.18. The van der Waals surface area contributed by atoms with Crippen LogP contribution >= 0.6 is 0 Å². The van der Waals surface area contributed by atoms with E-state index >= 15 is 0 Å². The molecule has 0 N–H and O–H groups in total. The SMILES string of the molecule is COc1cccc(C(=O)N(CC(=O)N2CCN(c3ccc(-c4ccc(C)cc4)nn3)CC2)C2CC2)c1. The van der Waals surface area contributed by atoms with E-state index in [1.165, 1.54) is 5.56 Å². The van der Waals surface area contributed by atoms with Crippen LogP contribution in [-0.2, 0) is 4.79 Å². The average molecular weight is 486 g/mol. The van der Waals surface area contributed by atoms with Crippen LogP contribution in [0, 0.1) is 6.92 Å². The monoisotopic (exact) mass is 485 g/mol. The Morgan fingerprint density at radius 3 is 2.36 bits per heavy atom. The molecule has 1 aliphatic carbocycles. The zero-order valence-corrected chi connectivity index (χ0v) is 20.8. The number of piperazine rings is 1. The van der Waals surface area contributed by atoms with E-state index in [4.69, 9.17) is 4.74 Å². The van der Waals surface area contributed by atoms with Crippen molar-refractivity contribution in [3.63, 3.8) is 0 Å². The zero-order valence-electron chi connectivity index (χ0n) is 20.8. The molecule has 3 aromatic rings. The summed E-state index contributed by atoms with van der Waals surface area (Å²) in [6.45, 7) is 4.70. The van der Waals surface area contributed by atoms with E-state index in [9.17, 15) is 9.59 Å². The highest BCUT2D eigenvalue weighted by Gasteiger charge is 2.36. The molecule has 5 rings (SSSR count). The molecule has 0 spiro atoms. The summed E-state index contributed by atoms with van der Waals surface area (Å²) in [5.74, 6) is 1.31. The van der Waals surface area contributed by atoms with Crippen molar-refractivity contribution in [1.82, 2.24) is 20.0 Å². The fourth-order valence-electron chi connectivity index (χ4n) is 4.48. The highest BCUT2D eigenvalue weighted by molar-refractivity contribution is 5.97. The maximum absolute atomic E-state index is 13.2. The van der Waals surface area contributed by atoms with Gasteiger partial charge < -0.3 is 19.4 Å². The average Bonchev–Trinajstić information content (AvgIpc) is 3.77. The first-order valence-electron chi connectivity index (χ1n) is 12.4. The number of amides is 2. The van der Waals surface area contributed by atoms with Crippen LogP contribution in [0.25, 0.3) is 11.3 Å². The summed E-state index contributed by atoms with van der Waals surface area (Å²) in [5.41, 5.74) is 3.64. The first kappa shape index (κ1) is 23.8. The van der Waals surface area contributed by atoms with E-state index in [0.29, 0.717) is 37.5 Å². The number of carbonyl (C=O) groups excluding carboxylic acids is 2. The molecule has 0 bridgehead atoms. The van der Waals surface area contributed by atoms with Gasteiger partial charge in [-0.25, -0.2) is 0 Å². The van der Waals surface area contributed by atoms with Crippen molar-refractivity contribution >= 4 is 17.6 Å². The Hall–Kier alpha value is -3.94. The lowest BCUT2D eigenvalue weighted by Gasteiger charge is -2.36. The minimum atomic E-state index is -0.118. The molecule has 0 unspecified atom stereocenters. The molecule has 0 atom stereocenters. The van der Waals surface area contributed by atoms with Crippen LogP contribution in [0.3, 0.4) is 0 Å². The predicted octanol–water partition coefficient (Wildman–Crippen LogP) is 3.41. The fraction of sp³-hybridized carbons (Fsp3) is 0.357. The number of aryl methyl sites for hydroxylation is 1. The van der Waals surface area contributed by atoms with Gasteiger partial charge in [0.05, 0.1) is 12.8 Å². The lowest BCUT2D eigenvalue weighted by atomic mass is 10.1. The van der Waals surface area contributed by atoms with Gasteiger partial charge in [0, 0.05) is 43.3 Å². The van der Waals surface area contributed by atoms with E-state index in [-0.39, 0.29) is 24.4 Å². The maximum Gasteiger partial charge on any atom is 0.254 e. The molecule has 2 amide bonds. The standard InChI is InChI=1S/C28H31N5O3/c1-20-6-8-21(9-7-20)25-12-13-26(30-29-25)31-14-16-32(17-15-31)27(34)19-33(23-10-11-23)28(35)22-4-3-5-24(18-22)36-2/h3-9,12-13,18,23H,10-11,14-17,19H2,1-2H3. The van der Waals surface area contributed by atoms with Gasteiger partial charge >= 0.3 is 0 Å². The number of methoxy groups -OCH3 is 1. The van der Waals surface area contributed by atoms with Crippen molar-refractivity contribution in [2.24, 2.45) is 0 Å². The summed E-state index contributed by atoms with van der Waals surface area (Å²) in [7, 11) is 1.58. The smallest absolute Gasteiger partial charge is 0.254 e. The molecule has 8 nitrogen and oxygen atoms in total. The van der Waals surface area contributed by atoms with E-state index in [2.05, 4.69) is 34.2 Å². The summed E-state index contributed by atoms with van der Waals surface area (Å²) in [4.78, 5) is 32.0. The van der Waals surface area contributed by atoms with Gasteiger partial charge in [0.1, 0.15) is 12.3 Å². The van der Waals surface area contributed by atoms with Crippen LogP contribution in [-0.4, -0.2) is 77.7 Å². The van der Waals surface area contributed by atoms with Crippen LogP contribution in [0.1, 0.15) is 28.8 Å². The molecule has 8 heteroatoms. The first-order valence-corrected chi connectivity index (χ1v) is 12.4. The van der Waals surface area contributed by atoms with Gasteiger partial charge in [-0.3, -0.25) is 9.59 Å². The van der Waals surface area contributed by atoms with Crippen molar-refractivity contribution in [3.8, 4) is 17.0 Å². The number of rotatable bonds is 7. The van der Waals surface area contributed by atoms with E-state index < -0.39 is 0 Å². The number of hydrogen-bond acceptors (Lipinski definition) is 6. The van der Waals surface area contributed by atoms with Crippen LogP contribution < -0.4 is 9.64 Å². The summed E-state index contributed by atoms with van der Waals surface area (Å²) in [6.07, 6.45) is 1.88. The Labute approximate surface area is 211 Å². The van der Waals surface area contributed by atoms with Crippen molar-refractivity contribution < 1.29 is 14.3 Å². The Morgan fingerprint density at radius 2 is 1.72 bits per heavy atom. The van der Waals surface area contributed by atoms with Gasteiger partial charge in [0.25, 0.3) is 5.91 Å². The summed E-state index contributed by atoms with van der Waals surface area (Å²) < 4.78 is 5.26.